The molecule has 1 aromatic rings. The van der Waals surface area contributed by atoms with Crippen molar-refractivity contribution >= 4 is 17.7 Å². The van der Waals surface area contributed by atoms with Crippen LogP contribution in [0, 0.1) is 5.41 Å². The van der Waals surface area contributed by atoms with Gasteiger partial charge in [-0.2, -0.15) is 0 Å². The molecule has 7 heteroatoms. The van der Waals surface area contributed by atoms with E-state index in [1.807, 2.05) is 0 Å². The fourth-order valence-electron chi connectivity index (χ4n) is 2.52. The predicted molar refractivity (Wildman–Crippen MR) is 76.3 cm³/mol. The van der Waals surface area contributed by atoms with Gasteiger partial charge in [-0.05, 0) is 18.9 Å². The molecule has 0 saturated heterocycles. The van der Waals surface area contributed by atoms with E-state index in [4.69, 9.17) is 4.74 Å². The standard InChI is InChI=1S/C14H19N3O4/c1-21-11-5-4-10(8-15-11)17-13(20)16-9-14(12(18)19)6-2-3-7-14/h4-5,8H,2-3,6-7,9H2,1H3,(H,18,19)(H2,16,17,20). The highest BCUT2D eigenvalue weighted by Crippen LogP contribution is 2.37. The summed E-state index contributed by atoms with van der Waals surface area (Å²) in [5.74, 6) is -0.386. The Balaban J connectivity index is 1.87. The minimum absolute atomic E-state index is 0.137. The predicted octanol–water partition coefficient (Wildman–Crippen LogP) is 1.86. The Labute approximate surface area is 122 Å². The largest absolute Gasteiger partial charge is 0.481 e. The number of carboxylic acids is 1. The lowest BCUT2D eigenvalue weighted by atomic mass is 9.86. The monoisotopic (exact) mass is 293 g/mol. The van der Waals surface area contributed by atoms with Gasteiger partial charge in [-0.1, -0.05) is 12.8 Å². The van der Waals surface area contributed by atoms with Gasteiger partial charge in [0.2, 0.25) is 5.88 Å². The minimum atomic E-state index is -0.841. The molecule has 7 nitrogen and oxygen atoms in total. The van der Waals surface area contributed by atoms with Crippen LogP contribution in [-0.4, -0.2) is 35.7 Å². The summed E-state index contributed by atoms with van der Waals surface area (Å²) in [4.78, 5) is 27.2. The Morgan fingerprint density at radius 1 is 1.38 bits per heavy atom. The summed E-state index contributed by atoms with van der Waals surface area (Å²) in [5.41, 5.74) is -0.306. The lowest BCUT2D eigenvalue weighted by Crippen LogP contribution is -2.42. The summed E-state index contributed by atoms with van der Waals surface area (Å²) in [6.45, 7) is 0.137. The Hall–Kier alpha value is -2.31. The third kappa shape index (κ3) is 3.62. The molecule has 1 aliphatic carbocycles. The van der Waals surface area contributed by atoms with E-state index in [9.17, 15) is 14.7 Å². The second-order valence-corrected chi connectivity index (χ2v) is 5.19. The van der Waals surface area contributed by atoms with Crippen LogP contribution in [0.2, 0.25) is 0 Å². The van der Waals surface area contributed by atoms with Gasteiger partial charge in [0, 0.05) is 12.6 Å². The maximum absolute atomic E-state index is 11.8. The van der Waals surface area contributed by atoms with E-state index >= 15 is 0 Å². The smallest absolute Gasteiger partial charge is 0.319 e. The normalized spacial score (nSPS) is 16.2. The van der Waals surface area contributed by atoms with Gasteiger partial charge in [-0.3, -0.25) is 4.79 Å². The van der Waals surface area contributed by atoms with E-state index in [-0.39, 0.29) is 6.54 Å². The number of hydrogen-bond acceptors (Lipinski definition) is 4. The number of rotatable bonds is 5. The van der Waals surface area contributed by atoms with Crippen molar-refractivity contribution in [1.82, 2.24) is 10.3 Å². The van der Waals surface area contributed by atoms with Crippen molar-refractivity contribution in [2.24, 2.45) is 5.41 Å². The second-order valence-electron chi connectivity index (χ2n) is 5.19. The second kappa shape index (κ2) is 6.43. The summed E-state index contributed by atoms with van der Waals surface area (Å²) >= 11 is 0. The highest BCUT2D eigenvalue weighted by Gasteiger charge is 2.41. The molecule has 2 amide bonds. The Morgan fingerprint density at radius 2 is 2.10 bits per heavy atom. The maximum Gasteiger partial charge on any atom is 0.319 e. The van der Waals surface area contributed by atoms with Crippen LogP contribution in [0.5, 0.6) is 5.88 Å². The SMILES string of the molecule is COc1ccc(NC(=O)NCC2(C(=O)O)CCCC2)cn1. The number of hydrogen-bond donors (Lipinski definition) is 3. The number of nitrogens with one attached hydrogen (secondary N) is 2. The molecular weight excluding hydrogens is 274 g/mol. The molecule has 1 heterocycles. The average molecular weight is 293 g/mol. The van der Waals surface area contributed by atoms with Crippen molar-refractivity contribution in [2.75, 3.05) is 19.0 Å². The van der Waals surface area contributed by atoms with Gasteiger partial charge in [0.1, 0.15) is 0 Å². The van der Waals surface area contributed by atoms with Crippen LogP contribution in [0.4, 0.5) is 10.5 Å². The molecule has 0 spiro atoms. The van der Waals surface area contributed by atoms with Crippen molar-refractivity contribution in [3.63, 3.8) is 0 Å². The number of carbonyl (C=O) groups excluding carboxylic acids is 1. The zero-order valence-electron chi connectivity index (χ0n) is 11.9. The van der Waals surface area contributed by atoms with Crippen LogP contribution in [0.25, 0.3) is 0 Å². The summed E-state index contributed by atoms with van der Waals surface area (Å²) in [6.07, 6.45) is 4.45. The Kier molecular flexibility index (Phi) is 4.62. The molecule has 1 saturated carbocycles. The zero-order valence-corrected chi connectivity index (χ0v) is 11.9. The number of anilines is 1. The summed E-state index contributed by atoms with van der Waals surface area (Å²) < 4.78 is 4.92. The molecule has 2 rings (SSSR count). The third-order valence-corrected chi connectivity index (χ3v) is 3.81. The molecule has 0 atom stereocenters. The summed E-state index contributed by atoms with van der Waals surface area (Å²) in [6, 6.07) is 2.86. The van der Waals surface area contributed by atoms with Gasteiger partial charge in [0.15, 0.2) is 0 Å². The molecule has 1 aromatic heterocycles. The summed E-state index contributed by atoms with van der Waals surface area (Å²) in [5, 5.41) is 14.6. The van der Waals surface area contributed by atoms with E-state index in [1.165, 1.54) is 13.3 Å². The number of carboxylic acid groups (broad SMARTS) is 1. The van der Waals surface area contributed by atoms with E-state index < -0.39 is 17.4 Å². The number of aromatic nitrogens is 1. The molecule has 0 aliphatic heterocycles. The molecule has 21 heavy (non-hydrogen) atoms. The molecule has 0 radical (unpaired) electrons. The van der Waals surface area contributed by atoms with Gasteiger partial charge in [0.05, 0.1) is 24.4 Å². The van der Waals surface area contributed by atoms with Gasteiger partial charge >= 0.3 is 12.0 Å². The molecule has 0 unspecified atom stereocenters. The highest BCUT2D eigenvalue weighted by molar-refractivity contribution is 5.89. The fourth-order valence-corrected chi connectivity index (χ4v) is 2.52. The highest BCUT2D eigenvalue weighted by atomic mass is 16.5. The van der Waals surface area contributed by atoms with Crippen LogP contribution in [0.15, 0.2) is 18.3 Å². The van der Waals surface area contributed by atoms with E-state index in [1.54, 1.807) is 12.1 Å². The van der Waals surface area contributed by atoms with Crippen LogP contribution in [0.3, 0.4) is 0 Å². The van der Waals surface area contributed by atoms with Gasteiger partial charge in [0.25, 0.3) is 0 Å². The minimum Gasteiger partial charge on any atom is -0.481 e. The van der Waals surface area contributed by atoms with Crippen molar-refractivity contribution < 1.29 is 19.4 Å². The number of nitrogens with zero attached hydrogens (tertiary/aromatic N) is 1. The number of amides is 2. The van der Waals surface area contributed by atoms with Gasteiger partial charge in [-0.25, -0.2) is 9.78 Å². The number of pyridine rings is 1. The van der Waals surface area contributed by atoms with Crippen molar-refractivity contribution in [2.45, 2.75) is 25.7 Å². The van der Waals surface area contributed by atoms with Crippen molar-refractivity contribution in [3.05, 3.63) is 18.3 Å². The van der Waals surface area contributed by atoms with E-state index in [0.717, 1.165) is 12.8 Å². The molecule has 1 aliphatic rings. The maximum atomic E-state index is 11.8. The molecule has 0 aromatic carbocycles. The first-order valence-corrected chi connectivity index (χ1v) is 6.84. The number of ether oxygens (including phenoxy) is 1. The number of aliphatic carboxylic acids is 1. The average Bonchev–Trinajstić information content (AvgIpc) is 2.96. The zero-order chi connectivity index (χ0) is 15.3. The number of urea groups is 1. The summed E-state index contributed by atoms with van der Waals surface area (Å²) in [7, 11) is 1.51. The van der Waals surface area contributed by atoms with Gasteiger partial charge in [-0.15, -0.1) is 0 Å². The van der Waals surface area contributed by atoms with Crippen LogP contribution >= 0.6 is 0 Å². The van der Waals surface area contributed by atoms with Crippen LogP contribution in [0.1, 0.15) is 25.7 Å². The van der Waals surface area contributed by atoms with Crippen molar-refractivity contribution in [3.8, 4) is 5.88 Å². The molecule has 114 valence electrons. The molecule has 0 bridgehead atoms. The topological polar surface area (TPSA) is 101 Å². The van der Waals surface area contributed by atoms with Gasteiger partial charge < -0.3 is 20.5 Å². The Morgan fingerprint density at radius 3 is 2.62 bits per heavy atom. The lowest BCUT2D eigenvalue weighted by Gasteiger charge is -2.23. The molecule has 1 fully saturated rings. The van der Waals surface area contributed by atoms with E-state index in [2.05, 4.69) is 15.6 Å². The van der Waals surface area contributed by atoms with Crippen LogP contribution < -0.4 is 15.4 Å². The van der Waals surface area contributed by atoms with Crippen molar-refractivity contribution in [1.29, 1.82) is 0 Å². The number of methoxy groups -OCH3 is 1. The molecular formula is C14H19N3O4. The first-order chi connectivity index (χ1) is 10.1. The lowest BCUT2D eigenvalue weighted by molar-refractivity contribution is -0.148. The van der Waals surface area contributed by atoms with Crippen LogP contribution in [-0.2, 0) is 4.79 Å². The first kappa shape index (κ1) is 15.1. The Bertz CT molecular complexity index is 509. The van der Waals surface area contributed by atoms with E-state index in [0.29, 0.717) is 24.4 Å². The first-order valence-electron chi connectivity index (χ1n) is 6.84. The quantitative estimate of drug-likeness (QED) is 0.769. The number of carbonyl (C=O) groups is 2. The third-order valence-electron chi connectivity index (χ3n) is 3.81. The molecule has 3 N–H and O–H groups in total. The fraction of sp³-hybridized carbons (Fsp3) is 0.500.